The van der Waals surface area contributed by atoms with Crippen LogP contribution < -0.4 is 68.9 Å². The summed E-state index contributed by atoms with van der Waals surface area (Å²) >= 11 is 5.09. The molecule has 1 aromatic rings. The van der Waals surface area contributed by atoms with Crippen LogP contribution in [0.4, 0.5) is 0 Å². The molecule has 0 amide bonds. The second-order valence-corrected chi connectivity index (χ2v) is 8.38. The van der Waals surface area contributed by atoms with Crippen molar-refractivity contribution >= 4 is 28.9 Å². The zero-order chi connectivity index (χ0) is 10.1. The van der Waals surface area contributed by atoms with Crippen LogP contribution in [0.25, 0.3) is 0 Å². The molecule has 1 rings (SSSR count). The van der Waals surface area contributed by atoms with Gasteiger partial charge >= 0.3 is 59.1 Å². The summed E-state index contributed by atoms with van der Waals surface area (Å²) in [5.41, 5.74) is -1.63. The van der Waals surface area contributed by atoms with Crippen molar-refractivity contribution in [3.8, 4) is 0 Å². The van der Waals surface area contributed by atoms with Gasteiger partial charge in [-0.1, -0.05) is 12.1 Å². The van der Waals surface area contributed by atoms with Crippen molar-refractivity contribution in [1.29, 1.82) is 0 Å². The van der Waals surface area contributed by atoms with Crippen molar-refractivity contribution in [2.24, 2.45) is 0 Å². The summed E-state index contributed by atoms with van der Waals surface area (Å²) < 4.78 is 0. The summed E-state index contributed by atoms with van der Waals surface area (Å²) in [5.74, 6) is 0. The van der Waals surface area contributed by atoms with Crippen LogP contribution in [-0.2, 0) is 11.8 Å². The Hall–Kier alpha value is 2.14. The zero-order valence-corrected chi connectivity index (χ0v) is 15.8. The quantitative estimate of drug-likeness (QED) is 0.403. The van der Waals surface area contributed by atoms with Crippen molar-refractivity contribution in [2.75, 3.05) is 0 Å². The summed E-state index contributed by atoms with van der Waals surface area (Å²) in [4.78, 5) is 22.5. The van der Waals surface area contributed by atoms with E-state index in [0.29, 0.717) is 0 Å². The predicted molar refractivity (Wildman–Crippen MR) is 56.1 cm³/mol. The first kappa shape index (κ1) is 19.5. The van der Waals surface area contributed by atoms with Crippen LogP contribution in [0.15, 0.2) is 23.1 Å². The van der Waals surface area contributed by atoms with E-state index in [4.69, 9.17) is 0 Å². The average molecular weight is 278 g/mol. The number of aryl methyl sites for hydroxylation is 1. The van der Waals surface area contributed by atoms with Crippen molar-refractivity contribution in [3.63, 3.8) is 0 Å². The van der Waals surface area contributed by atoms with E-state index in [1.54, 1.807) is 6.07 Å². The van der Waals surface area contributed by atoms with Gasteiger partial charge in [0, 0.05) is 4.90 Å². The van der Waals surface area contributed by atoms with E-state index >= 15 is 0 Å². The van der Waals surface area contributed by atoms with Gasteiger partial charge < -0.3 is 9.79 Å². The maximum absolute atomic E-state index is 10.9. The third-order valence-electron chi connectivity index (χ3n) is 1.77. The first-order chi connectivity index (χ1) is 5.90. The van der Waals surface area contributed by atoms with Gasteiger partial charge in [0.25, 0.3) is 0 Å². The molecule has 2 nitrogen and oxygen atoms in total. The summed E-state index contributed by atoms with van der Waals surface area (Å²) in [6, 6.07) is 5.54. The smallest absolute Gasteiger partial charge is 0.824 e. The second-order valence-electron chi connectivity index (χ2n) is 2.74. The Labute approximate surface area is 144 Å². The molecular formula is C8H9Na2O2PS2. The van der Waals surface area contributed by atoms with Gasteiger partial charge in [-0.05, 0) is 31.0 Å². The van der Waals surface area contributed by atoms with Crippen molar-refractivity contribution in [3.05, 3.63) is 29.3 Å². The first-order valence-corrected chi connectivity index (χ1v) is 7.74. The fraction of sp³-hybridized carbons (Fsp3) is 0.250. The van der Waals surface area contributed by atoms with Gasteiger partial charge in [0.2, 0.25) is 0 Å². The minimum absolute atomic E-state index is 0. The van der Waals surface area contributed by atoms with Gasteiger partial charge in [-0.25, -0.2) is 0 Å². The van der Waals surface area contributed by atoms with Crippen LogP contribution in [0.5, 0.6) is 0 Å². The molecule has 0 aromatic heterocycles. The molecular weight excluding hydrogens is 269 g/mol. The first-order valence-electron chi connectivity index (χ1n) is 3.68. The van der Waals surface area contributed by atoms with E-state index in [1.807, 2.05) is 26.0 Å². The van der Waals surface area contributed by atoms with Crippen LogP contribution in [-0.4, -0.2) is 0 Å². The van der Waals surface area contributed by atoms with Crippen molar-refractivity contribution < 1.29 is 68.9 Å². The Balaban J connectivity index is 0. The largest absolute Gasteiger partial charge is 1.00 e. The molecule has 15 heavy (non-hydrogen) atoms. The molecule has 0 saturated carbocycles. The Morgan fingerprint density at radius 2 is 1.73 bits per heavy atom. The number of hydrogen-bond donors (Lipinski definition) is 0. The van der Waals surface area contributed by atoms with Gasteiger partial charge in [-0.15, -0.1) is 23.2 Å². The van der Waals surface area contributed by atoms with E-state index in [0.717, 1.165) is 27.4 Å². The fourth-order valence-corrected chi connectivity index (χ4v) is 3.66. The zero-order valence-electron chi connectivity index (χ0n) is 9.31. The van der Waals surface area contributed by atoms with Gasteiger partial charge in [0.1, 0.15) is 0 Å². The van der Waals surface area contributed by atoms with E-state index in [1.165, 1.54) is 0 Å². The molecule has 0 aliphatic carbocycles. The summed E-state index contributed by atoms with van der Waals surface area (Å²) in [7, 11) is 0. The monoisotopic (exact) mass is 278 g/mol. The molecule has 0 fully saturated rings. The van der Waals surface area contributed by atoms with Gasteiger partial charge in [-0.3, -0.25) is 0 Å². The second kappa shape index (κ2) is 8.28. The van der Waals surface area contributed by atoms with Crippen molar-refractivity contribution in [2.45, 2.75) is 18.7 Å². The molecule has 0 atom stereocenters. The molecule has 0 bridgehead atoms. The Morgan fingerprint density at radius 3 is 2.20 bits per heavy atom. The Bertz CT molecular complexity index is 368. The molecule has 0 N–H and O–H groups in total. The summed E-state index contributed by atoms with van der Waals surface area (Å²) in [6.07, 6.45) is 0. The van der Waals surface area contributed by atoms with Gasteiger partial charge in [-0.2, -0.15) is 5.69 Å². The molecule has 7 heteroatoms. The third kappa shape index (κ3) is 7.22. The molecule has 72 valence electrons. The van der Waals surface area contributed by atoms with Crippen LogP contribution in [0.3, 0.4) is 0 Å². The number of benzene rings is 1. The van der Waals surface area contributed by atoms with Crippen LogP contribution in [0.2, 0.25) is 0 Å². The predicted octanol–water partition coefficient (Wildman–Crippen LogP) is -4.65. The van der Waals surface area contributed by atoms with Crippen LogP contribution in [0, 0.1) is 13.8 Å². The average Bonchev–Trinajstić information content (AvgIpc) is 1.96. The van der Waals surface area contributed by atoms with E-state index < -0.39 is 5.69 Å². The standard InChI is InChI=1S/C8H11O2PS2.2Na/c1-6-4-3-5-8(7(6)2)13-11(9,10)12;;/h3-5H,1-2H3,(H2,9,10,12);;/q;2*+1/p-2. The molecule has 0 aliphatic heterocycles. The molecule has 0 unspecified atom stereocenters. The topological polar surface area (TPSA) is 46.1 Å². The minimum Gasteiger partial charge on any atom is -0.824 e. The van der Waals surface area contributed by atoms with E-state index in [-0.39, 0.29) is 59.1 Å². The molecule has 0 spiro atoms. The van der Waals surface area contributed by atoms with Gasteiger partial charge in [0.05, 0.1) is 0 Å². The Morgan fingerprint density at radius 1 is 1.20 bits per heavy atom. The van der Waals surface area contributed by atoms with Crippen molar-refractivity contribution in [1.82, 2.24) is 0 Å². The number of hydrogen-bond acceptors (Lipinski definition) is 4. The third-order valence-corrected chi connectivity index (χ3v) is 4.56. The summed E-state index contributed by atoms with van der Waals surface area (Å²) in [5, 5.41) is 0. The molecule has 0 aliphatic rings. The Kier molecular flexibility index (Phi) is 10.8. The molecule has 0 radical (unpaired) electrons. The molecule has 0 heterocycles. The normalized spacial score (nSPS) is 10.1. The van der Waals surface area contributed by atoms with Gasteiger partial charge in [0.15, 0.2) is 0 Å². The fourth-order valence-electron chi connectivity index (χ4n) is 0.944. The SMILES string of the molecule is Cc1cccc(SP([O-])([O-])=S)c1C.[Na+].[Na+]. The van der Waals surface area contributed by atoms with Crippen LogP contribution in [0.1, 0.15) is 11.1 Å². The minimum atomic E-state index is -3.68. The maximum Gasteiger partial charge on any atom is 1.00 e. The number of rotatable bonds is 2. The maximum atomic E-state index is 10.9. The molecule has 0 saturated heterocycles. The molecule has 1 aromatic carbocycles. The van der Waals surface area contributed by atoms with E-state index in [9.17, 15) is 9.79 Å². The van der Waals surface area contributed by atoms with Crippen LogP contribution >= 0.6 is 17.1 Å². The van der Waals surface area contributed by atoms with E-state index in [2.05, 4.69) is 11.8 Å². The summed E-state index contributed by atoms with van der Waals surface area (Å²) in [6.45, 7) is 3.83.